The van der Waals surface area contributed by atoms with Crippen molar-refractivity contribution < 1.29 is 9.21 Å². The molecule has 0 atom stereocenters. The highest BCUT2D eigenvalue weighted by molar-refractivity contribution is 5.96. The van der Waals surface area contributed by atoms with Gasteiger partial charge in [0.05, 0.1) is 0 Å². The maximum atomic E-state index is 12.6. The number of para-hydroxylation sites is 1. The molecule has 3 rings (SSSR count). The summed E-state index contributed by atoms with van der Waals surface area (Å²) in [6.07, 6.45) is 1.86. The van der Waals surface area contributed by atoms with E-state index in [0.29, 0.717) is 5.58 Å². The van der Waals surface area contributed by atoms with Crippen molar-refractivity contribution in [1.82, 2.24) is 9.80 Å². The molecule has 0 aliphatic carbocycles. The number of hydrogen-bond acceptors (Lipinski definition) is 4. The largest absolute Gasteiger partial charge is 0.422 e. The van der Waals surface area contributed by atoms with E-state index in [4.69, 9.17) is 4.42 Å². The summed E-state index contributed by atoms with van der Waals surface area (Å²) in [5, 5.41) is 0.766. The first-order valence-electron chi connectivity index (χ1n) is 7.55. The van der Waals surface area contributed by atoms with Crippen LogP contribution in [0.25, 0.3) is 11.0 Å². The highest BCUT2D eigenvalue weighted by Gasteiger charge is 2.26. The zero-order chi connectivity index (χ0) is 15.7. The number of likely N-dealkylation sites (tertiary alicyclic amines) is 1. The Bertz CT molecular complexity index is 751. The molecule has 1 aromatic heterocycles. The van der Waals surface area contributed by atoms with Gasteiger partial charge in [-0.25, -0.2) is 4.79 Å². The third-order valence-electron chi connectivity index (χ3n) is 4.43. The maximum absolute atomic E-state index is 12.6. The van der Waals surface area contributed by atoms with Crippen LogP contribution in [0, 0.1) is 0 Å². The van der Waals surface area contributed by atoms with E-state index >= 15 is 0 Å². The second-order valence-corrected chi connectivity index (χ2v) is 5.94. The van der Waals surface area contributed by atoms with E-state index in [1.807, 2.05) is 12.1 Å². The predicted molar refractivity (Wildman–Crippen MR) is 92.3 cm³/mol. The van der Waals surface area contributed by atoms with Crippen LogP contribution in [0.5, 0.6) is 0 Å². The number of halogens is 1. The lowest BCUT2D eigenvalue weighted by Crippen LogP contribution is -2.45. The summed E-state index contributed by atoms with van der Waals surface area (Å²) in [5.74, 6) is -0.256. The molecule has 1 fully saturated rings. The quantitative estimate of drug-likeness (QED) is 0.790. The summed E-state index contributed by atoms with van der Waals surface area (Å²) in [6.45, 7) is 1.93. The van der Waals surface area contributed by atoms with Gasteiger partial charge in [0.1, 0.15) is 11.1 Å². The van der Waals surface area contributed by atoms with Crippen LogP contribution < -0.4 is 5.63 Å². The van der Waals surface area contributed by atoms with E-state index < -0.39 is 5.63 Å². The molecule has 0 radical (unpaired) electrons. The Morgan fingerprint density at radius 2 is 1.91 bits per heavy atom. The van der Waals surface area contributed by atoms with Gasteiger partial charge in [0.25, 0.3) is 5.91 Å². The predicted octanol–water partition coefficient (Wildman–Crippen LogP) is 2.38. The molecular formula is C17H21ClN2O3. The zero-order valence-electron chi connectivity index (χ0n) is 13.3. The van der Waals surface area contributed by atoms with Gasteiger partial charge < -0.3 is 14.2 Å². The van der Waals surface area contributed by atoms with Gasteiger partial charge in [0.15, 0.2) is 0 Å². The second-order valence-electron chi connectivity index (χ2n) is 5.94. The van der Waals surface area contributed by atoms with Gasteiger partial charge >= 0.3 is 5.63 Å². The number of nitrogens with zero attached hydrogens (tertiary/aromatic N) is 2. The normalized spacial score (nSPS) is 16.1. The highest BCUT2D eigenvalue weighted by atomic mass is 35.5. The molecule has 124 valence electrons. The van der Waals surface area contributed by atoms with Crippen molar-refractivity contribution in [2.24, 2.45) is 0 Å². The summed E-state index contributed by atoms with van der Waals surface area (Å²) in [5.41, 5.74) is 0.0506. The van der Waals surface area contributed by atoms with Crippen LogP contribution in [0.2, 0.25) is 0 Å². The van der Waals surface area contributed by atoms with Crippen LogP contribution in [-0.2, 0) is 0 Å². The highest BCUT2D eigenvalue weighted by Crippen LogP contribution is 2.18. The maximum Gasteiger partial charge on any atom is 0.349 e. The van der Waals surface area contributed by atoms with Crippen molar-refractivity contribution in [1.29, 1.82) is 0 Å². The number of carbonyl (C=O) groups is 1. The van der Waals surface area contributed by atoms with Crippen LogP contribution in [0.1, 0.15) is 23.2 Å². The van der Waals surface area contributed by atoms with Gasteiger partial charge in [-0.2, -0.15) is 0 Å². The fraction of sp³-hybridized carbons (Fsp3) is 0.412. The van der Waals surface area contributed by atoms with Crippen molar-refractivity contribution in [2.45, 2.75) is 18.9 Å². The average molecular weight is 337 g/mol. The van der Waals surface area contributed by atoms with Gasteiger partial charge in [0, 0.05) is 18.5 Å². The van der Waals surface area contributed by atoms with Gasteiger partial charge in [-0.3, -0.25) is 4.79 Å². The fourth-order valence-corrected chi connectivity index (χ4v) is 2.95. The van der Waals surface area contributed by atoms with Crippen molar-refractivity contribution in [3.8, 4) is 0 Å². The van der Waals surface area contributed by atoms with Gasteiger partial charge in [-0.05, 0) is 45.1 Å². The molecule has 5 nitrogen and oxygen atoms in total. The molecule has 1 aromatic carbocycles. The van der Waals surface area contributed by atoms with E-state index in [1.165, 1.54) is 0 Å². The molecule has 0 spiro atoms. The number of piperidine rings is 1. The Labute approximate surface area is 141 Å². The first-order valence-corrected chi connectivity index (χ1v) is 7.55. The molecule has 23 heavy (non-hydrogen) atoms. The van der Waals surface area contributed by atoms with Gasteiger partial charge in [-0.15, -0.1) is 12.4 Å². The molecule has 1 amide bonds. The third kappa shape index (κ3) is 3.57. The molecule has 2 heterocycles. The monoisotopic (exact) mass is 336 g/mol. The molecule has 6 heteroatoms. The fourth-order valence-electron chi connectivity index (χ4n) is 2.95. The van der Waals surface area contributed by atoms with Gasteiger partial charge in [-0.1, -0.05) is 18.2 Å². The van der Waals surface area contributed by atoms with Crippen LogP contribution in [-0.4, -0.2) is 48.9 Å². The van der Waals surface area contributed by atoms with E-state index in [0.717, 1.165) is 31.3 Å². The number of amides is 1. The Morgan fingerprint density at radius 1 is 1.26 bits per heavy atom. The Morgan fingerprint density at radius 3 is 2.61 bits per heavy atom. The van der Waals surface area contributed by atoms with Crippen LogP contribution >= 0.6 is 12.4 Å². The lowest BCUT2D eigenvalue weighted by Gasteiger charge is -2.34. The van der Waals surface area contributed by atoms with Crippen molar-refractivity contribution in [3.63, 3.8) is 0 Å². The Balaban J connectivity index is 0.00000192. The molecule has 0 saturated carbocycles. The molecule has 0 bridgehead atoms. The van der Waals surface area contributed by atoms with E-state index in [-0.39, 0.29) is 29.9 Å². The van der Waals surface area contributed by atoms with Crippen LogP contribution in [0.4, 0.5) is 0 Å². The number of rotatable bonds is 2. The first-order chi connectivity index (χ1) is 10.6. The number of hydrogen-bond donors (Lipinski definition) is 0. The summed E-state index contributed by atoms with van der Waals surface area (Å²) < 4.78 is 5.26. The van der Waals surface area contributed by atoms with Crippen molar-refractivity contribution in [3.05, 3.63) is 46.3 Å². The van der Waals surface area contributed by atoms with E-state index in [1.54, 1.807) is 30.1 Å². The van der Waals surface area contributed by atoms with E-state index in [2.05, 4.69) is 11.9 Å². The van der Waals surface area contributed by atoms with E-state index in [9.17, 15) is 9.59 Å². The third-order valence-corrected chi connectivity index (χ3v) is 4.43. The summed E-state index contributed by atoms with van der Waals surface area (Å²) in [6, 6.07) is 9.04. The SMILES string of the molecule is CN1CCC(N(C)C(=O)c2cc3ccccc3oc2=O)CC1.Cl. The Kier molecular flexibility index (Phi) is 5.44. The zero-order valence-corrected chi connectivity index (χ0v) is 14.1. The van der Waals surface area contributed by atoms with Crippen LogP contribution in [0.15, 0.2) is 39.5 Å². The topological polar surface area (TPSA) is 53.8 Å². The molecule has 0 unspecified atom stereocenters. The summed E-state index contributed by atoms with van der Waals surface area (Å²) >= 11 is 0. The Hall–Kier alpha value is -1.85. The lowest BCUT2D eigenvalue weighted by atomic mass is 10.0. The van der Waals surface area contributed by atoms with Crippen molar-refractivity contribution >= 4 is 29.3 Å². The molecular weight excluding hydrogens is 316 g/mol. The van der Waals surface area contributed by atoms with Gasteiger partial charge in [0.2, 0.25) is 0 Å². The standard InChI is InChI=1S/C17H20N2O3.ClH/c1-18-9-7-13(8-10-18)19(2)16(20)14-11-12-5-3-4-6-15(12)22-17(14)21;/h3-6,11,13H,7-10H2,1-2H3;1H. The number of carbonyl (C=O) groups excluding carboxylic acids is 1. The lowest BCUT2D eigenvalue weighted by molar-refractivity contribution is 0.0655. The molecule has 2 aromatic rings. The molecule has 1 saturated heterocycles. The summed E-state index contributed by atoms with van der Waals surface area (Å²) in [4.78, 5) is 28.7. The second kappa shape index (κ2) is 7.15. The number of benzene rings is 1. The first kappa shape index (κ1) is 17.5. The van der Waals surface area contributed by atoms with Crippen LogP contribution in [0.3, 0.4) is 0 Å². The smallest absolute Gasteiger partial charge is 0.349 e. The minimum atomic E-state index is -0.566. The van der Waals surface area contributed by atoms with Crippen molar-refractivity contribution in [2.75, 3.05) is 27.2 Å². The average Bonchev–Trinajstić information content (AvgIpc) is 2.53. The minimum absolute atomic E-state index is 0. The summed E-state index contributed by atoms with van der Waals surface area (Å²) in [7, 11) is 3.85. The molecule has 1 aliphatic rings. The minimum Gasteiger partial charge on any atom is -0.422 e. The molecule has 0 N–H and O–H groups in total. The molecule has 1 aliphatic heterocycles. The number of fused-ring (bicyclic) bond motifs is 1.